The second kappa shape index (κ2) is 14.8. The molecule has 1 aromatic carbocycles. The molecule has 1 saturated heterocycles. The van der Waals surface area contributed by atoms with Crippen LogP contribution in [-0.2, 0) is 11.3 Å². The van der Waals surface area contributed by atoms with Gasteiger partial charge in [0.25, 0.3) is 0 Å². The van der Waals surface area contributed by atoms with Crippen molar-refractivity contribution >= 4 is 29.9 Å². The van der Waals surface area contributed by atoms with E-state index in [1.807, 2.05) is 19.1 Å². The van der Waals surface area contributed by atoms with Gasteiger partial charge in [-0.3, -0.25) is 4.99 Å². The Hall–Kier alpha value is -1.06. The molecule has 1 fully saturated rings. The molecule has 29 heavy (non-hydrogen) atoms. The minimum Gasteiger partial charge on any atom is -0.494 e. The van der Waals surface area contributed by atoms with Crippen molar-refractivity contribution in [3.63, 3.8) is 0 Å². The Bertz CT molecular complexity index is 575. The largest absolute Gasteiger partial charge is 0.494 e. The molecular formula is C22H39IN4O2. The van der Waals surface area contributed by atoms with Crippen LogP contribution in [0.25, 0.3) is 0 Å². The predicted molar refractivity (Wildman–Crippen MR) is 132 cm³/mol. The molecule has 6 nitrogen and oxygen atoms in total. The van der Waals surface area contributed by atoms with Crippen LogP contribution in [0.1, 0.15) is 32.3 Å². The number of hydrogen-bond donors (Lipinski definition) is 1. The monoisotopic (exact) mass is 518 g/mol. The molecule has 0 bridgehead atoms. The van der Waals surface area contributed by atoms with Gasteiger partial charge >= 0.3 is 0 Å². The summed E-state index contributed by atoms with van der Waals surface area (Å²) in [5.41, 5.74) is 1.25. The second-order valence-corrected chi connectivity index (χ2v) is 7.41. The minimum atomic E-state index is 0. The van der Waals surface area contributed by atoms with Gasteiger partial charge in [0, 0.05) is 40.3 Å². The van der Waals surface area contributed by atoms with E-state index in [0.29, 0.717) is 12.5 Å². The number of piperidine rings is 1. The smallest absolute Gasteiger partial charge is 0.193 e. The van der Waals surface area contributed by atoms with E-state index in [-0.39, 0.29) is 24.0 Å². The van der Waals surface area contributed by atoms with E-state index in [1.165, 1.54) is 18.4 Å². The number of halogens is 1. The standard InChI is InChI=1S/C22H38N4O2.HI/c1-5-23-22(24-17-19-11-13-26(14-12-19)15-16-27-4)25(3)18-20-7-9-21(10-8-20)28-6-2;/h7-10,19H,5-6,11-18H2,1-4H3,(H,23,24);1H. The summed E-state index contributed by atoms with van der Waals surface area (Å²) in [5.74, 6) is 2.58. The van der Waals surface area contributed by atoms with Crippen molar-refractivity contribution < 1.29 is 9.47 Å². The SMILES string of the molecule is CCNC(=NCC1CCN(CCOC)CC1)N(C)Cc1ccc(OCC)cc1.I. The van der Waals surface area contributed by atoms with Gasteiger partial charge in [0.2, 0.25) is 0 Å². The number of rotatable bonds is 10. The van der Waals surface area contributed by atoms with Gasteiger partial charge in [-0.05, 0) is 63.4 Å². The molecule has 1 N–H and O–H groups in total. The van der Waals surface area contributed by atoms with E-state index < -0.39 is 0 Å². The van der Waals surface area contributed by atoms with E-state index in [4.69, 9.17) is 14.5 Å². The zero-order valence-electron chi connectivity index (χ0n) is 18.5. The Morgan fingerprint density at radius 2 is 1.90 bits per heavy atom. The summed E-state index contributed by atoms with van der Waals surface area (Å²) in [5, 5.41) is 3.43. The molecule has 1 aromatic rings. The molecule has 7 heteroatoms. The fourth-order valence-corrected chi connectivity index (χ4v) is 3.50. The highest BCUT2D eigenvalue weighted by molar-refractivity contribution is 14.0. The maximum atomic E-state index is 5.53. The number of methoxy groups -OCH3 is 1. The summed E-state index contributed by atoms with van der Waals surface area (Å²) in [7, 11) is 3.87. The molecule has 1 heterocycles. The van der Waals surface area contributed by atoms with E-state index in [2.05, 4.69) is 41.2 Å². The summed E-state index contributed by atoms with van der Waals surface area (Å²) < 4.78 is 10.7. The van der Waals surface area contributed by atoms with Crippen LogP contribution in [0.3, 0.4) is 0 Å². The van der Waals surface area contributed by atoms with Crippen LogP contribution < -0.4 is 10.1 Å². The zero-order chi connectivity index (χ0) is 20.2. The van der Waals surface area contributed by atoms with E-state index >= 15 is 0 Å². The summed E-state index contributed by atoms with van der Waals surface area (Å²) in [4.78, 5) is 9.63. The Kier molecular flexibility index (Phi) is 13.3. The first-order valence-corrected chi connectivity index (χ1v) is 10.6. The lowest BCUT2D eigenvalue weighted by Gasteiger charge is -2.31. The Labute approximate surface area is 194 Å². The van der Waals surface area contributed by atoms with Gasteiger partial charge in [0.1, 0.15) is 5.75 Å². The molecule has 0 atom stereocenters. The van der Waals surface area contributed by atoms with Gasteiger partial charge in [-0.15, -0.1) is 24.0 Å². The third-order valence-electron chi connectivity index (χ3n) is 5.17. The van der Waals surface area contributed by atoms with Gasteiger partial charge in [-0.2, -0.15) is 0 Å². The lowest BCUT2D eigenvalue weighted by Crippen LogP contribution is -2.40. The average Bonchev–Trinajstić information content (AvgIpc) is 2.72. The molecular weight excluding hydrogens is 479 g/mol. The summed E-state index contributed by atoms with van der Waals surface area (Å²) in [6.45, 7) is 11.6. The lowest BCUT2D eigenvalue weighted by molar-refractivity contribution is 0.121. The van der Waals surface area contributed by atoms with Crippen molar-refractivity contribution in [1.29, 1.82) is 0 Å². The highest BCUT2D eigenvalue weighted by atomic mass is 127. The molecule has 0 amide bonds. The number of likely N-dealkylation sites (tertiary alicyclic amines) is 1. The van der Waals surface area contributed by atoms with Crippen molar-refractivity contribution in [2.24, 2.45) is 10.9 Å². The van der Waals surface area contributed by atoms with Gasteiger partial charge in [0.05, 0.1) is 13.2 Å². The number of benzene rings is 1. The normalized spacial score (nSPS) is 15.7. The Morgan fingerprint density at radius 1 is 1.21 bits per heavy atom. The second-order valence-electron chi connectivity index (χ2n) is 7.41. The summed E-state index contributed by atoms with van der Waals surface area (Å²) >= 11 is 0. The summed E-state index contributed by atoms with van der Waals surface area (Å²) in [6.07, 6.45) is 2.43. The molecule has 0 aliphatic carbocycles. The van der Waals surface area contributed by atoms with E-state index in [1.54, 1.807) is 7.11 Å². The number of nitrogens with zero attached hydrogens (tertiary/aromatic N) is 3. The number of nitrogens with one attached hydrogen (secondary N) is 1. The molecule has 0 radical (unpaired) electrons. The number of hydrogen-bond acceptors (Lipinski definition) is 4. The quantitative estimate of drug-likeness (QED) is 0.292. The van der Waals surface area contributed by atoms with Gasteiger partial charge in [0.15, 0.2) is 5.96 Å². The maximum absolute atomic E-state index is 5.53. The number of aliphatic imine (C=N–C) groups is 1. The van der Waals surface area contributed by atoms with Gasteiger partial charge in [-0.25, -0.2) is 0 Å². The topological polar surface area (TPSA) is 49.3 Å². The van der Waals surface area contributed by atoms with Crippen LogP contribution in [0.4, 0.5) is 0 Å². The van der Waals surface area contributed by atoms with Crippen molar-refractivity contribution in [2.75, 3.05) is 60.1 Å². The van der Waals surface area contributed by atoms with Crippen molar-refractivity contribution in [1.82, 2.24) is 15.1 Å². The summed E-state index contributed by atoms with van der Waals surface area (Å²) in [6, 6.07) is 8.32. The minimum absolute atomic E-state index is 0. The van der Waals surface area contributed by atoms with Crippen LogP contribution in [-0.4, -0.2) is 75.9 Å². The van der Waals surface area contributed by atoms with Gasteiger partial charge < -0.3 is 24.6 Å². The first-order chi connectivity index (χ1) is 13.7. The van der Waals surface area contributed by atoms with E-state index in [0.717, 1.165) is 57.6 Å². The van der Waals surface area contributed by atoms with Crippen LogP contribution >= 0.6 is 24.0 Å². The first-order valence-electron chi connectivity index (χ1n) is 10.6. The molecule has 2 rings (SSSR count). The molecule has 0 unspecified atom stereocenters. The van der Waals surface area contributed by atoms with Crippen molar-refractivity contribution in [3.8, 4) is 5.75 Å². The van der Waals surface area contributed by atoms with Crippen molar-refractivity contribution in [2.45, 2.75) is 33.2 Å². The highest BCUT2D eigenvalue weighted by Gasteiger charge is 2.19. The molecule has 0 aromatic heterocycles. The van der Waals surface area contributed by atoms with Crippen LogP contribution in [0, 0.1) is 5.92 Å². The molecule has 166 valence electrons. The fraction of sp³-hybridized carbons (Fsp3) is 0.682. The third kappa shape index (κ3) is 9.53. The first kappa shape index (κ1) is 26.0. The van der Waals surface area contributed by atoms with Crippen LogP contribution in [0.5, 0.6) is 5.75 Å². The highest BCUT2D eigenvalue weighted by Crippen LogP contribution is 2.18. The molecule has 0 spiro atoms. The Morgan fingerprint density at radius 3 is 2.48 bits per heavy atom. The van der Waals surface area contributed by atoms with Crippen LogP contribution in [0.2, 0.25) is 0 Å². The molecule has 1 aliphatic heterocycles. The fourth-order valence-electron chi connectivity index (χ4n) is 3.50. The number of ether oxygens (including phenoxy) is 2. The maximum Gasteiger partial charge on any atom is 0.193 e. The third-order valence-corrected chi connectivity index (χ3v) is 5.17. The van der Waals surface area contributed by atoms with Crippen molar-refractivity contribution in [3.05, 3.63) is 29.8 Å². The van der Waals surface area contributed by atoms with Crippen LogP contribution in [0.15, 0.2) is 29.3 Å². The predicted octanol–water partition coefficient (Wildman–Crippen LogP) is 3.46. The zero-order valence-corrected chi connectivity index (χ0v) is 20.9. The van der Waals surface area contributed by atoms with E-state index in [9.17, 15) is 0 Å². The van der Waals surface area contributed by atoms with Gasteiger partial charge in [-0.1, -0.05) is 12.1 Å². The lowest BCUT2D eigenvalue weighted by atomic mass is 9.97. The molecule has 1 aliphatic rings. The average molecular weight is 518 g/mol. The Balaban J connectivity index is 0.00000420. The number of guanidine groups is 1. The molecule has 0 saturated carbocycles.